The van der Waals surface area contributed by atoms with Crippen LogP contribution < -0.4 is 15.3 Å². The largest absolute Gasteiger partial charge is 0.490 e. The van der Waals surface area contributed by atoms with E-state index in [0.29, 0.717) is 49.9 Å². The van der Waals surface area contributed by atoms with E-state index in [9.17, 15) is 4.79 Å². The summed E-state index contributed by atoms with van der Waals surface area (Å²) in [5.74, 6) is 7.53. The minimum atomic E-state index is -0.0638. The molecule has 3 aromatic rings. The van der Waals surface area contributed by atoms with Crippen LogP contribution in [0.1, 0.15) is 61.8 Å². The molecule has 246 valence electrons. The Bertz CT molecular complexity index is 1300. The van der Waals surface area contributed by atoms with Crippen molar-refractivity contribution in [1.29, 1.82) is 0 Å². The van der Waals surface area contributed by atoms with Crippen molar-refractivity contribution in [3.63, 3.8) is 0 Å². The van der Waals surface area contributed by atoms with Gasteiger partial charge in [-0.2, -0.15) is 0 Å². The molecule has 1 amide bonds. The summed E-state index contributed by atoms with van der Waals surface area (Å²) in [5.41, 5.74) is 4.69. The van der Waals surface area contributed by atoms with E-state index in [1.165, 1.54) is 16.7 Å². The van der Waals surface area contributed by atoms with E-state index >= 15 is 0 Å². The molecule has 8 nitrogen and oxygen atoms in total. The van der Waals surface area contributed by atoms with Gasteiger partial charge in [0.15, 0.2) is 0 Å². The molecule has 1 aromatic heterocycles. The highest BCUT2D eigenvalue weighted by molar-refractivity contribution is 6.31. The number of aromatic nitrogens is 1. The minimum Gasteiger partial charge on any atom is -0.490 e. The van der Waals surface area contributed by atoms with Gasteiger partial charge in [0.1, 0.15) is 19.0 Å². The van der Waals surface area contributed by atoms with E-state index < -0.39 is 0 Å². The van der Waals surface area contributed by atoms with Crippen molar-refractivity contribution >= 4 is 17.5 Å². The number of nitrogens with zero attached hydrogens (tertiary/aromatic N) is 3. The first-order valence-electron chi connectivity index (χ1n) is 16.0. The Hall–Kier alpha value is -3.17. The van der Waals surface area contributed by atoms with Crippen molar-refractivity contribution in [2.24, 2.45) is 11.8 Å². The first-order valence-corrected chi connectivity index (χ1v) is 16.4. The molecule has 0 spiro atoms. The molecule has 0 unspecified atom stereocenters. The average molecular weight is 639 g/mol. The van der Waals surface area contributed by atoms with E-state index in [0.717, 1.165) is 49.8 Å². The van der Waals surface area contributed by atoms with Crippen molar-refractivity contribution in [3.05, 3.63) is 88.1 Å². The fourth-order valence-electron chi connectivity index (χ4n) is 5.16. The molecule has 45 heavy (non-hydrogen) atoms. The molecule has 0 radical (unpaired) electrons. The SMILES string of the molecule is CCC[C@H](CN(C)N)C(=O)N(Cc1cc(CCOC)ccc1Cl)C1CC1.CCc1cc(C)ccc1OCCOc1ccccn1. The molecule has 0 saturated heterocycles. The highest BCUT2D eigenvalue weighted by Crippen LogP contribution is 2.32. The molecule has 4 rings (SSSR count). The fourth-order valence-corrected chi connectivity index (χ4v) is 5.34. The van der Waals surface area contributed by atoms with Crippen molar-refractivity contribution in [3.8, 4) is 11.6 Å². The van der Waals surface area contributed by atoms with E-state index in [2.05, 4.69) is 44.0 Å². The number of hydrazine groups is 1. The third-order valence-corrected chi connectivity index (χ3v) is 8.01. The van der Waals surface area contributed by atoms with E-state index in [1.54, 1.807) is 18.3 Å². The molecule has 0 bridgehead atoms. The number of pyridine rings is 1. The Kier molecular flexibility index (Phi) is 15.6. The highest BCUT2D eigenvalue weighted by Gasteiger charge is 2.36. The summed E-state index contributed by atoms with van der Waals surface area (Å²) < 4.78 is 16.4. The first-order chi connectivity index (χ1) is 21.7. The molecular weight excluding hydrogens is 588 g/mol. The van der Waals surface area contributed by atoms with Gasteiger partial charge >= 0.3 is 0 Å². The molecule has 0 aliphatic heterocycles. The molecule has 1 saturated carbocycles. The Morgan fingerprint density at radius 3 is 2.47 bits per heavy atom. The summed E-state index contributed by atoms with van der Waals surface area (Å²) in [6.07, 6.45) is 7.49. The van der Waals surface area contributed by atoms with Crippen LogP contribution in [0, 0.1) is 12.8 Å². The first kappa shape index (κ1) is 36.3. The Labute approximate surface area is 274 Å². The number of hydrogen-bond donors (Lipinski definition) is 1. The maximum atomic E-state index is 13.2. The Balaban J connectivity index is 0.000000257. The molecule has 1 aliphatic rings. The molecule has 1 aliphatic carbocycles. The lowest BCUT2D eigenvalue weighted by Crippen LogP contribution is -2.43. The van der Waals surface area contributed by atoms with E-state index in [1.807, 2.05) is 48.3 Å². The zero-order valence-electron chi connectivity index (χ0n) is 27.6. The van der Waals surface area contributed by atoms with Gasteiger partial charge in [0.05, 0.1) is 12.5 Å². The second-order valence-electron chi connectivity index (χ2n) is 11.6. The number of methoxy groups -OCH3 is 1. The van der Waals surface area contributed by atoms with Crippen molar-refractivity contribution in [2.45, 2.75) is 71.9 Å². The summed E-state index contributed by atoms with van der Waals surface area (Å²) in [6, 6.07) is 18.2. The standard InChI is InChI=1S/C20H32ClN3O2.C16H19NO2/c1-4-5-16(13-23(2)22)20(25)24(18-7-8-18)14-17-12-15(10-11-26-3)6-9-19(17)21;1-3-14-12-13(2)7-8-15(14)18-10-11-19-16-6-4-5-9-17-16/h6,9,12,16,18H,4-5,7-8,10-11,13-14,22H2,1-3H3;4-9,12H,3,10-11H2,1-2H3/t16-;/m1./s1. The van der Waals surface area contributed by atoms with E-state index in [4.69, 9.17) is 31.7 Å². The topological polar surface area (TPSA) is 90.2 Å². The zero-order chi connectivity index (χ0) is 32.6. The number of rotatable bonds is 17. The smallest absolute Gasteiger partial charge is 0.227 e. The van der Waals surface area contributed by atoms with Crippen LogP contribution in [0.2, 0.25) is 5.02 Å². The maximum Gasteiger partial charge on any atom is 0.227 e. The third-order valence-electron chi connectivity index (χ3n) is 7.64. The van der Waals surface area contributed by atoms with Gasteiger partial charge in [-0.15, -0.1) is 0 Å². The molecular formula is C36H51ClN4O4. The van der Waals surface area contributed by atoms with E-state index in [-0.39, 0.29) is 11.8 Å². The van der Waals surface area contributed by atoms with Gasteiger partial charge in [-0.25, -0.2) is 9.99 Å². The van der Waals surface area contributed by atoms with Gasteiger partial charge in [0, 0.05) is 50.6 Å². The van der Waals surface area contributed by atoms with Crippen molar-refractivity contribution in [2.75, 3.05) is 40.5 Å². The summed E-state index contributed by atoms with van der Waals surface area (Å²) in [6.45, 7) is 9.16. The van der Waals surface area contributed by atoms with Crippen LogP contribution in [-0.2, 0) is 28.9 Å². The summed E-state index contributed by atoms with van der Waals surface area (Å²) in [5, 5.41) is 2.33. The normalized spacial score (nSPS) is 13.2. The Morgan fingerprint density at radius 1 is 1.04 bits per heavy atom. The van der Waals surface area contributed by atoms with Gasteiger partial charge in [-0.05, 0) is 73.9 Å². The van der Waals surface area contributed by atoms with Crippen molar-refractivity contribution < 1.29 is 19.0 Å². The number of carbonyl (C=O) groups is 1. The van der Waals surface area contributed by atoms with Crippen LogP contribution in [0.3, 0.4) is 0 Å². The summed E-state index contributed by atoms with van der Waals surface area (Å²) in [4.78, 5) is 19.3. The van der Waals surface area contributed by atoms with Gasteiger partial charge < -0.3 is 19.1 Å². The minimum absolute atomic E-state index is 0.0638. The number of carbonyl (C=O) groups excluding carboxylic acids is 1. The van der Waals surface area contributed by atoms with Gasteiger partial charge in [-0.1, -0.05) is 67.8 Å². The predicted molar refractivity (Wildman–Crippen MR) is 182 cm³/mol. The fraction of sp³-hybridized carbons (Fsp3) is 0.500. The monoisotopic (exact) mass is 638 g/mol. The molecule has 1 atom stereocenters. The number of hydrogen-bond acceptors (Lipinski definition) is 7. The average Bonchev–Trinajstić information content (AvgIpc) is 3.88. The molecule has 2 aromatic carbocycles. The van der Waals surface area contributed by atoms with Crippen LogP contribution in [0.15, 0.2) is 60.8 Å². The Morgan fingerprint density at radius 2 is 1.82 bits per heavy atom. The molecule has 1 heterocycles. The van der Waals surface area contributed by atoms with Crippen LogP contribution >= 0.6 is 11.6 Å². The van der Waals surface area contributed by atoms with Crippen LogP contribution in [0.5, 0.6) is 11.6 Å². The second kappa shape index (κ2) is 19.4. The highest BCUT2D eigenvalue weighted by atomic mass is 35.5. The quantitative estimate of drug-likeness (QED) is 0.101. The van der Waals surface area contributed by atoms with Gasteiger partial charge in [-0.3, -0.25) is 10.6 Å². The third kappa shape index (κ3) is 12.6. The number of aryl methyl sites for hydroxylation is 2. The van der Waals surface area contributed by atoms with Crippen LogP contribution in [0.25, 0.3) is 0 Å². The van der Waals surface area contributed by atoms with Gasteiger partial charge in [0.2, 0.25) is 11.8 Å². The zero-order valence-corrected chi connectivity index (χ0v) is 28.4. The lowest BCUT2D eigenvalue weighted by molar-refractivity contribution is -0.137. The number of nitrogens with two attached hydrogens (primary N) is 1. The maximum absolute atomic E-state index is 13.2. The lowest BCUT2D eigenvalue weighted by atomic mass is 10.0. The second-order valence-corrected chi connectivity index (χ2v) is 12.0. The molecule has 1 fully saturated rings. The molecule has 2 N–H and O–H groups in total. The van der Waals surface area contributed by atoms with Crippen molar-refractivity contribution in [1.82, 2.24) is 14.9 Å². The number of benzene rings is 2. The number of halogens is 1. The van der Waals surface area contributed by atoms with Crippen LogP contribution in [0.4, 0.5) is 0 Å². The van der Waals surface area contributed by atoms with Gasteiger partial charge in [0.25, 0.3) is 0 Å². The number of amides is 1. The summed E-state index contributed by atoms with van der Waals surface area (Å²) in [7, 11) is 3.51. The molecule has 9 heteroatoms. The lowest BCUT2D eigenvalue weighted by Gasteiger charge is -2.29. The predicted octanol–water partition coefficient (Wildman–Crippen LogP) is 6.65. The van der Waals surface area contributed by atoms with Crippen LogP contribution in [-0.4, -0.2) is 67.4 Å². The summed E-state index contributed by atoms with van der Waals surface area (Å²) >= 11 is 6.43. The number of ether oxygens (including phenoxy) is 3.